The second-order valence-electron chi connectivity index (χ2n) is 5.95. The van der Waals surface area contributed by atoms with Crippen LogP contribution in [0, 0.1) is 0 Å². The van der Waals surface area contributed by atoms with Crippen molar-refractivity contribution < 1.29 is 9.53 Å². The van der Waals surface area contributed by atoms with Gasteiger partial charge in [-0.15, -0.1) is 0 Å². The number of carbonyl (C=O) groups excluding carboxylic acids is 1. The molecule has 1 fully saturated rings. The van der Waals surface area contributed by atoms with Gasteiger partial charge in [-0.05, 0) is 33.2 Å². The number of benzene rings is 1. The van der Waals surface area contributed by atoms with Crippen LogP contribution in [0.4, 0.5) is 4.79 Å². The summed E-state index contributed by atoms with van der Waals surface area (Å²) in [7, 11) is 4.05. The van der Waals surface area contributed by atoms with E-state index in [9.17, 15) is 4.79 Å². The number of carbonyl (C=O) groups is 1. The van der Waals surface area contributed by atoms with E-state index >= 15 is 0 Å². The number of urea groups is 1. The Kier molecular flexibility index (Phi) is 6.07. The number of likely N-dealkylation sites (N-methyl/N-ethyl adjacent to an activating group) is 2. The molecule has 22 heavy (non-hydrogen) atoms. The number of nitrogens with zero attached hydrogens (tertiary/aromatic N) is 3. The lowest BCUT2D eigenvalue weighted by molar-refractivity contribution is 0.151. The van der Waals surface area contributed by atoms with Gasteiger partial charge in [0.15, 0.2) is 0 Å². The third-order valence-electron chi connectivity index (χ3n) is 3.93. The van der Waals surface area contributed by atoms with Crippen LogP contribution >= 0.6 is 0 Å². The Hall–Kier alpha value is -1.75. The summed E-state index contributed by atoms with van der Waals surface area (Å²) >= 11 is 0. The van der Waals surface area contributed by atoms with Gasteiger partial charge >= 0.3 is 6.03 Å². The van der Waals surface area contributed by atoms with E-state index in [1.54, 1.807) is 0 Å². The van der Waals surface area contributed by atoms with Crippen LogP contribution in [0.2, 0.25) is 0 Å². The zero-order valence-corrected chi connectivity index (χ0v) is 13.9. The van der Waals surface area contributed by atoms with E-state index in [-0.39, 0.29) is 12.1 Å². The molecule has 0 bridgehead atoms. The van der Waals surface area contributed by atoms with E-state index < -0.39 is 0 Å². The second kappa shape index (κ2) is 8.03. The summed E-state index contributed by atoms with van der Waals surface area (Å²) in [6.45, 7) is 5.87. The Balaban J connectivity index is 1.84. The number of likely N-dealkylation sites (tertiary alicyclic amines) is 1. The van der Waals surface area contributed by atoms with Crippen molar-refractivity contribution in [1.29, 1.82) is 0 Å². The summed E-state index contributed by atoms with van der Waals surface area (Å²) in [5.74, 6) is 0.877. The topological polar surface area (TPSA) is 36.0 Å². The fourth-order valence-electron chi connectivity index (χ4n) is 2.60. The highest BCUT2D eigenvalue weighted by atomic mass is 16.5. The zero-order valence-electron chi connectivity index (χ0n) is 13.9. The van der Waals surface area contributed by atoms with Gasteiger partial charge in [-0.25, -0.2) is 4.79 Å². The molecule has 1 atom stereocenters. The van der Waals surface area contributed by atoms with Crippen LogP contribution in [-0.4, -0.2) is 73.7 Å². The molecule has 1 aliphatic rings. The molecule has 1 saturated heterocycles. The molecule has 0 aromatic heterocycles. The Labute approximate surface area is 133 Å². The Morgan fingerprint density at radius 2 is 2.00 bits per heavy atom. The van der Waals surface area contributed by atoms with E-state index in [1.807, 2.05) is 61.2 Å². The molecule has 0 saturated carbocycles. The first-order valence-corrected chi connectivity index (χ1v) is 8.00. The fourth-order valence-corrected chi connectivity index (χ4v) is 2.60. The van der Waals surface area contributed by atoms with Crippen molar-refractivity contribution in [3.05, 3.63) is 30.3 Å². The van der Waals surface area contributed by atoms with Crippen molar-refractivity contribution in [2.24, 2.45) is 0 Å². The van der Waals surface area contributed by atoms with Crippen molar-refractivity contribution in [3.63, 3.8) is 0 Å². The van der Waals surface area contributed by atoms with Crippen molar-refractivity contribution in [2.45, 2.75) is 19.4 Å². The summed E-state index contributed by atoms with van der Waals surface area (Å²) in [6.07, 6.45) is 0.991. The molecule has 122 valence electrons. The van der Waals surface area contributed by atoms with Gasteiger partial charge in [-0.1, -0.05) is 18.2 Å². The monoisotopic (exact) mass is 305 g/mol. The fraction of sp³-hybridized carbons (Fsp3) is 0.588. The number of hydrogen-bond donors (Lipinski definition) is 0. The average Bonchev–Trinajstić information content (AvgIpc) is 2.97. The summed E-state index contributed by atoms with van der Waals surface area (Å²) in [5.41, 5.74) is 0. The van der Waals surface area contributed by atoms with E-state index in [1.165, 1.54) is 0 Å². The maximum absolute atomic E-state index is 12.6. The molecule has 0 radical (unpaired) electrons. The maximum Gasteiger partial charge on any atom is 0.320 e. The van der Waals surface area contributed by atoms with Crippen molar-refractivity contribution >= 4 is 6.03 Å². The van der Waals surface area contributed by atoms with Crippen molar-refractivity contribution in [2.75, 3.05) is 46.8 Å². The smallest absolute Gasteiger partial charge is 0.320 e. The van der Waals surface area contributed by atoms with Gasteiger partial charge in [0.2, 0.25) is 0 Å². The van der Waals surface area contributed by atoms with E-state index in [0.717, 1.165) is 38.3 Å². The molecule has 1 aromatic carbocycles. The molecule has 1 aliphatic heterocycles. The lowest BCUT2D eigenvalue weighted by Crippen LogP contribution is -2.45. The quantitative estimate of drug-likeness (QED) is 0.808. The van der Waals surface area contributed by atoms with Crippen LogP contribution in [0.3, 0.4) is 0 Å². The molecule has 2 rings (SSSR count). The van der Waals surface area contributed by atoms with Crippen LogP contribution < -0.4 is 4.74 Å². The van der Waals surface area contributed by atoms with Gasteiger partial charge in [0, 0.05) is 32.6 Å². The summed E-state index contributed by atoms with van der Waals surface area (Å²) in [5, 5.41) is 0. The van der Waals surface area contributed by atoms with E-state index in [0.29, 0.717) is 6.54 Å². The summed E-state index contributed by atoms with van der Waals surface area (Å²) in [4.78, 5) is 18.5. The van der Waals surface area contributed by atoms with Crippen LogP contribution in [0.1, 0.15) is 13.3 Å². The highest BCUT2D eigenvalue weighted by molar-refractivity contribution is 5.74. The van der Waals surface area contributed by atoms with E-state index in [2.05, 4.69) is 4.90 Å². The first kappa shape index (κ1) is 16.6. The number of rotatable bonds is 6. The second-order valence-corrected chi connectivity index (χ2v) is 5.95. The van der Waals surface area contributed by atoms with Crippen molar-refractivity contribution in [3.8, 4) is 5.75 Å². The number of hydrogen-bond acceptors (Lipinski definition) is 3. The Morgan fingerprint density at radius 3 is 2.64 bits per heavy atom. The van der Waals surface area contributed by atoms with Crippen LogP contribution in [-0.2, 0) is 0 Å². The summed E-state index contributed by atoms with van der Waals surface area (Å²) < 4.78 is 5.95. The predicted molar refractivity (Wildman–Crippen MR) is 88.2 cm³/mol. The minimum Gasteiger partial charge on any atom is -0.489 e. The molecule has 1 heterocycles. The van der Waals surface area contributed by atoms with Gasteiger partial charge in [0.1, 0.15) is 11.9 Å². The minimum absolute atomic E-state index is 0.0962. The molecule has 5 heteroatoms. The third kappa shape index (κ3) is 4.63. The van der Waals surface area contributed by atoms with Crippen LogP contribution in [0.15, 0.2) is 30.3 Å². The van der Waals surface area contributed by atoms with Gasteiger partial charge in [-0.2, -0.15) is 0 Å². The first-order valence-electron chi connectivity index (χ1n) is 8.00. The molecule has 0 aliphatic carbocycles. The van der Waals surface area contributed by atoms with Crippen molar-refractivity contribution in [1.82, 2.24) is 14.7 Å². The predicted octanol–water partition coefficient (Wildman–Crippen LogP) is 2.14. The molecule has 0 spiro atoms. The van der Waals surface area contributed by atoms with E-state index in [4.69, 9.17) is 4.74 Å². The SMILES string of the molecule is CCN(CCN(C)C)C(=O)N1CCC(Oc2ccccc2)C1. The Morgan fingerprint density at radius 1 is 1.27 bits per heavy atom. The molecule has 5 nitrogen and oxygen atoms in total. The maximum atomic E-state index is 12.6. The molecule has 2 amide bonds. The zero-order chi connectivity index (χ0) is 15.9. The lowest BCUT2D eigenvalue weighted by atomic mass is 10.3. The molecule has 0 N–H and O–H groups in total. The Bertz CT molecular complexity index is 464. The van der Waals surface area contributed by atoms with Gasteiger partial charge in [0.25, 0.3) is 0 Å². The molecule has 1 unspecified atom stereocenters. The molecule has 1 aromatic rings. The summed E-state index contributed by atoms with van der Waals surface area (Å²) in [6, 6.07) is 9.95. The number of amides is 2. The normalized spacial score (nSPS) is 17.8. The highest BCUT2D eigenvalue weighted by Gasteiger charge is 2.29. The number of ether oxygens (including phenoxy) is 1. The average molecular weight is 305 g/mol. The minimum atomic E-state index is 0.0962. The van der Waals surface area contributed by atoms with Gasteiger partial charge in [-0.3, -0.25) is 0 Å². The van der Waals surface area contributed by atoms with Crippen LogP contribution in [0.5, 0.6) is 5.75 Å². The number of para-hydroxylation sites is 1. The third-order valence-corrected chi connectivity index (χ3v) is 3.93. The lowest BCUT2D eigenvalue weighted by Gasteiger charge is -2.28. The standard InChI is InChI=1S/C17H27N3O2/c1-4-19(13-12-18(2)3)17(21)20-11-10-16(14-20)22-15-8-6-5-7-9-15/h5-9,16H,4,10-14H2,1-3H3. The first-order chi connectivity index (χ1) is 10.6. The molecular formula is C17H27N3O2. The van der Waals surface area contributed by atoms with Gasteiger partial charge < -0.3 is 19.4 Å². The highest BCUT2D eigenvalue weighted by Crippen LogP contribution is 2.19. The van der Waals surface area contributed by atoms with Gasteiger partial charge in [0.05, 0.1) is 6.54 Å². The molecular weight excluding hydrogens is 278 g/mol. The van der Waals surface area contributed by atoms with Crippen LogP contribution in [0.25, 0.3) is 0 Å². The largest absolute Gasteiger partial charge is 0.489 e.